The third-order valence-corrected chi connectivity index (χ3v) is 6.58. The fourth-order valence-corrected chi connectivity index (χ4v) is 4.51. The third-order valence-electron chi connectivity index (χ3n) is 6.58. The van der Waals surface area contributed by atoms with Crippen molar-refractivity contribution in [3.8, 4) is 0 Å². The van der Waals surface area contributed by atoms with Crippen LogP contribution in [0.2, 0.25) is 0 Å². The molecule has 29 heavy (non-hydrogen) atoms. The number of imidazole rings is 1. The molecule has 2 heteroatoms. The summed E-state index contributed by atoms with van der Waals surface area (Å²) in [5.41, 5.74) is 0. The smallest absolute Gasteiger partial charge is 0.111 e. The maximum Gasteiger partial charge on any atom is 0.111 e. The summed E-state index contributed by atoms with van der Waals surface area (Å²) in [6, 6.07) is 0.591. The normalized spacial score (nSPS) is 13.7. The van der Waals surface area contributed by atoms with Crippen molar-refractivity contribution in [2.75, 3.05) is 0 Å². The molecule has 0 saturated heterocycles. The van der Waals surface area contributed by atoms with E-state index in [1.807, 2.05) is 6.20 Å². The molecule has 2 nitrogen and oxygen atoms in total. The number of nitrogens with zero attached hydrogens (tertiary/aromatic N) is 2. The van der Waals surface area contributed by atoms with Crippen LogP contribution in [0.4, 0.5) is 0 Å². The van der Waals surface area contributed by atoms with Gasteiger partial charge in [-0.15, -0.1) is 0 Å². The standard InChI is InChI=1S/C27H52N2/c1-5-7-9-11-12-13-14-15-16-17-18-20-22-26(4)29-24-23-28-27(29)25(3)21-19-10-8-6-2/h23-26H,5-22H2,1-4H3. The van der Waals surface area contributed by atoms with Crippen molar-refractivity contribution < 1.29 is 0 Å². The average molecular weight is 405 g/mol. The molecule has 0 fully saturated rings. The molecule has 1 rings (SSSR count). The lowest BCUT2D eigenvalue weighted by atomic mass is 10.0. The first-order chi connectivity index (χ1) is 14.2. The van der Waals surface area contributed by atoms with E-state index in [1.165, 1.54) is 121 Å². The Labute approximate surface area is 183 Å². The monoisotopic (exact) mass is 404 g/mol. The Kier molecular flexibility index (Phi) is 16.3. The van der Waals surface area contributed by atoms with E-state index < -0.39 is 0 Å². The Morgan fingerprint density at radius 2 is 1.10 bits per heavy atom. The molecule has 0 bridgehead atoms. The number of unbranched alkanes of at least 4 members (excludes halogenated alkanes) is 14. The van der Waals surface area contributed by atoms with Gasteiger partial charge in [-0.05, 0) is 19.8 Å². The van der Waals surface area contributed by atoms with Gasteiger partial charge in [-0.3, -0.25) is 0 Å². The molecule has 0 N–H and O–H groups in total. The molecule has 0 radical (unpaired) electrons. The van der Waals surface area contributed by atoms with E-state index in [9.17, 15) is 0 Å². The van der Waals surface area contributed by atoms with Crippen molar-refractivity contribution in [1.29, 1.82) is 0 Å². The summed E-state index contributed by atoms with van der Waals surface area (Å²) >= 11 is 0. The maximum atomic E-state index is 4.71. The van der Waals surface area contributed by atoms with E-state index in [0.29, 0.717) is 12.0 Å². The van der Waals surface area contributed by atoms with E-state index in [0.717, 1.165) is 0 Å². The van der Waals surface area contributed by atoms with Crippen LogP contribution in [0.1, 0.15) is 161 Å². The maximum absolute atomic E-state index is 4.71. The lowest BCUT2D eigenvalue weighted by Gasteiger charge is -2.20. The second-order valence-corrected chi connectivity index (χ2v) is 9.47. The van der Waals surface area contributed by atoms with Gasteiger partial charge < -0.3 is 4.57 Å². The highest BCUT2D eigenvalue weighted by Gasteiger charge is 2.15. The minimum Gasteiger partial charge on any atom is -0.332 e. The van der Waals surface area contributed by atoms with Crippen molar-refractivity contribution in [2.24, 2.45) is 0 Å². The van der Waals surface area contributed by atoms with Crippen molar-refractivity contribution in [1.82, 2.24) is 9.55 Å². The van der Waals surface area contributed by atoms with Gasteiger partial charge in [-0.1, -0.05) is 124 Å². The van der Waals surface area contributed by atoms with E-state index in [2.05, 4.69) is 38.5 Å². The predicted molar refractivity (Wildman–Crippen MR) is 130 cm³/mol. The summed E-state index contributed by atoms with van der Waals surface area (Å²) in [5, 5.41) is 0. The molecule has 0 aromatic carbocycles. The molecule has 0 amide bonds. The molecular weight excluding hydrogens is 352 g/mol. The van der Waals surface area contributed by atoms with Crippen LogP contribution in [-0.2, 0) is 0 Å². The summed E-state index contributed by atoms with van der Waals surface area (Å²) in [6.07, 6.45) is 29.3. The minimum atomic E-state index is 0.589. The molecule has 0 aliphatic rings. The Morgan fingerprint density at radius 1 is 0.655 bits per heavy atom. The Morgan fingerprint density at radius 3 is 1.66 bits per heavy atom. The molecule has 2 atom stereocenters. The van der Waals surface area contributed by atoms with Gasteiger partial charge in [0.2, 0.25) is 0 Å². The lowest BCUT2D eigenvalue weighted by Crippen LogP contribution is -2.11. The molecule has 0 aliphatic carbocycles. The van der Waals surface area contributed by atoms with E-state index in [1.54, 1.807) is 0 Å². The fraction of sp³-hybridized carbons (Fsp3) is 0.889. The van der Waals surface area contributed by atoms with Gasteiger partial charge in [0.1, 0.15) is 5.82 Å². The largest absolute Gasteiger partial charge is 0.332 e. The zero-order chi connectivity index (χ0) is 21.2. The fourth-order valence-electron chi connectivity index (χ4n) is 4.51. The van der Waals surface area contributed by atoms with E-state index in [-0.39, 0.29) is 0 Å². The Hall–Kier alpha value is -0.790. The zero-order valence-electron chi connectivity index (χ0n) is 20.4. The van der Waals surface area contributed by atoms with Gasteiger partial charge in [0.05, 0.1) is 0 Å². The first-order valence-corrected chi connectivity index (χ1v) is 13.2. The summed E-state index contributed by atoms with van der Waals surface area (Å²) in [7, 11) is 0. The molecule has 0 spiro atoms. The van der Waals surface area contributed by atoms with Gasteiger partial charge in [0, 0.05) is 24.4 Å². The summed E-state index contributed by atoms with van der Waals surface area (Å²) in [4.78, 5) is 4.71. The Bertz CT molecular complexity index is 465. The van der Waals surface area contributed by atoms with Crippen LogP contribution in [0.15, 0.2) is 12.4 Å². The van der Waals surface area contributed by atoms with Crippen LogP contribution in [-0.4, -0.2) is 9.55 Å². The molecule has 1 heterocycles. The summed E-state index contributed by atoms with van der Waals surface area (Å²) in [6.45, 7) is 9.33. The number of hydrogen-bond donors (Lipinski definition) is 0. The quantitative estimate of drug-likeness (QED) is 0.198. The summed E-state index contributed by atoms with van der Waals surface area (Å²) < 4.78 is 2.46. The highest BCUT2D eigenvalue weighted by atomic mass is 15.1. The molecule has 1 aromatic heterocycles. The van der Waals surface area contributed by atoms with Crippen molar-refractivity contribution in [3.05, 3.63) is 18.2 Å². The van der Waals surface area contributed by atoms with Crippen LogP contribution in [0.3, 0.4) is 0 Å². The number of hydrogen-bond acceptors (Lipinski definition) is 1. The van der Waals surface area contributed by atoms with Gasteiger partial charge in [0.15, 0.2) is 0 Å². The first-order valence-electron chi connectivity index (χ1n) is 13.2. The number of aromatic nitrogens is 2. The second kappa shape index (κ2) is 18.0. The SMILES string of the molecule is CCCCCCCCCCCCCCC(C)n1ccnc1C(C)CCCCCC. The van der Waals surface area contributed by atoms with Gasteiger partial charge in [-0.25, -0.2) is 4.98 Å². The van der Waals surface area contributed by atoms with Crippen LogP contribution in [0, 0.1) is 0 Å². The van der Waals surface area contributed by atoms with Crippen molar-refractivity contribution >= 4 is 0 Å². The van der Waals surface area contributed by atoms with E-state index >= 15 is 0 Å². The van der Waals surface area contributed by atoms with Crippen LogP contribution in [0.5, 0.6) is 0 Å². The van der Waals surface area contributed by atoms with Crippen LogP contribution >= 0.6 is 0 Å². The number of rotatable bonds is 20. The van der Waals surface area contributed by atoms with Gasteiger partial charge in [0.25, 0.3) is 0 Å². The van der Waals surface area contributed by atoms with Crippen LogP contribution in [0.25, 0.3) is 0 Å². The minimum absolute atomic E-state index is 0.589. The zero-order valence-corrected chi connectivity index (χ0v) is 20.4. The van der Waals surface area contributed by atoms with Gasteiger partial charge >= 0.3 is 0 Å². The van der Waals surface area contributed by atoms with Crippen molar-refractivity contribution in [2.45, 2.75) is 155 Å². The highest BCUT2D eigenvalue weighted by molar-refractivity contribution is 5.00. The summed E-state index contributed by atoms with van der Waals surface area (Å²) in [5.74, 6) is 1.90. The molecule has 1 aromatic rings. The molecule has 0 saturated carbocycles. The average Bonchev–Trinajstić information content (AvgIpc) is 3.22. The predicted octanol–water partition coefficient (Wildman–Crippen LogP) is 9.61. The topological polar surface area (TPSA) is 17.8 Å². The second-order valence-electron chi connectivity index (χ2n) is 9.47. The molecule has 170 valence electrons. The van der Waals surface area contributed by atoms with Crippen LogP contribution < -0.4 is 0 Å². The highest BCUT2D eigenvalue weighted by Crippen LogP contribution is 2.25. The Balaban J connectivity index is 2.09. The van der Waals surface area contributed by atoms with Gasteiger partial charge in [-0.2, -0.15) is 0 Å². The molecule has 2 unspecified atom stereocenters. The van der Waals surface area contributed by atoms with Crippen molar-refractivity contribution in [3.63, 3.8) is 0 Å². The third kappa shape index (κ3) is 12.5. The van der Waals surface area contributed by atoms with E-state index in [4.69, 9.17) is 4.98 Å². The lowest BCUT2D eigenvalue weighted by molar-refractivity contribution is 0.436. The first kappa shape index (κ1) is 26.2. The molecular formula is C27H52N2. The molecule has 0 aliphatic heterocycles.